The number of nitrogens with zero attached hydrogens (tertiary/aromatic N) is 1. The van der Waals surface area contributed by atoms with Gasteiger partial charge in [-0.25, -0.2) is 0 Å². The summed E-state index contributed by atoms with van der Waals surface area (Å²) in [6, 6.07) is 1.93. The van der Waals surface area contributed by atoms with Crippen LogP contribution in [0.1, 0.15) is 12.0 Å². The van der Waals surface area contributed by atoms with Crippen molar-refractivity contribution in [3.8, 4) is 0 Å². The highest BCUT2D eigenvalue weighted by Crippen LogP contribution is 2.37. The minimum absolute atomic E-state index is 0.271. The maximum atomic E-state index is 12.6. The van der Waals surface area contributed by atoms with E-state index >= 15 is 0 Å². The van der Waals surface area contributed by atoms with E-state index in [2.05, 4.69) is 5.32 Å². The molecule has 0 aliphatic carbocycles. The fourth-order valence-electron chi connectivity index (χ4n) is 1.38. The van der Waals surface area contributed by atoms with Crippen molar-refractivity contribution >= 4 is 11.4 Å². The molecule has 0 aromatic heterocycles. The summed E-state index contributed by atoms with van der Waals surface area (Å²) in [7, 11) is 0. The lowest BCUT2D eigenvalue weighted by Gasteiger charge is -2.12. The summed E-state index contributed by atoms with van der Waals surface area (Å²) in [6.45, 7) is -0.626. The summed E-state index contributed by atoms with van der Waals surface area (Å²) in [5, 5.41) is 12.6. The molecule has 0 aliphatic heterocycles. The van der Waals surface area contributed by atoms with Crippen molar-refractivity contribution in [3.63, 3.8) is 0 Å². The Labute approximate surface area is 108 Å². The molecule has 112 valence electrons. The van der Waals surface area contributed by atoms with Crippen LogP contribution in [0.5, 0.6) is 0 Å². The molecule has 1 aromatic rings. The molecule has 0 saturated carbocycles. The number of alkyl halides is 6. The molecule has 0 aliphatic rings. The molecule has 0 radical (unpaired) electrons. The molecule has 0 atom stereocenters. The van der Waals surface area contributed by atoms with E-state index in [0.29, 0.717) is 12.1 Å². The van der Waals surface area contributed by atoms with Crippen LogP contribution in [-0.2, 0) is 6.18 Å². The first kappa shape index (κ1) is 16.1. The van der Waals surface area contributed by atoms with Gasteiger partial charge in [0.15, 0.2) is 0 Å². The van der Waals surface area contributed by atoms with E-state index in [9.17, 15) is 36.5 Å². The number of rotatable bonds is 4. The largest absolute Gasteiger partial charge is 0.423 e. The second kappa shape index (κ2) is 5.55. The Hall–Kier alpha value is -2.00. The Morgan fingerprint density at radius 1 is 1.15 bits per heavy atom. The van der Waals surface area contributed by atoms with E-state index in [4.69, 9.17) is 0 Å². The van der Waals surface area contributed by atoms with E-state index in [1.165, 1.54) is 0 Å². The zero-order valence-electron chi connectivity index (χ0n) is 9.68. The van der Waals surface area contributed by atoms with Gasteiger partial charge in [0.1, 0.15) is 5.56 Å². The van der Waals surface area contributed by atoms with E-state index in [1.54, 1.807) is 0 Å². The lowest BCUT2D eigenvalue weighted by molar-refractivity contribution is -0.388. The number of nitro benzene ring substituents is 1. The van der Waals surface area contributed by atoms with E-state index < -0.39 is 41.5 Å². The summed E-state index contributed by atoms with van der Waals surface area (Å²) >= 11 is 0. The molecular weight excluding hydrogens is 294 g/mol. The van der Waals surface area contributed by atoms with E-state index in [1.807, 2.05) is 0 Å². The number of nitrogens with one attached hydrogen (secondary N) is 1. The number of benzene rings is 1. The molecule has 0 unspecified atom stereocenters. The van der Waals surface area contributed by atoms with Gasteiger partial charge in [-0.3, -0.25) is 10.1 Å². The molecule has 0 fully saturated rings. The molecule has 0 heterocycles. The summed E-state index contributed by atoms with van der Waals surface area (Å²) in [6.07, 6.45) is -10.6. The predicted molar refractivity (Wildman–Crippen MR) is 57.3 cm³/mol. The molecule has 1 aromatic carbocycles. The van der Waals surface area contributed by atoms with E-state index in [0.717, 1.165) is 6.07 Å². The molecule has 0 saturated heterocycles. The number of hydrogen-bond donors (Lipinski definition) is 1. The van der Waals surface area contributed by atoms with Crippen LogP contribution in [0.15, 0.2) is 18.2 Å². The van der Waals surface area contributed by atoms with Crippen LogP contribution >= 0.6 is 0 Å². The first-order valence-corrected chi connectivity index (χ1v) is 5.17. The van der Waals surface area contributed by atoms with Gasteiger partial charge in [-0.1, -0.05) is 0 Å². The Bertz CT molecular complexity index is 498. The van der Waals surface area contributed by atoms with Crippen molar-refractivity contribution < 1.29 is 31.3 Å². The monoisotopic (exact) mass is 302 g/mol. The Morgan fingerprint density at radius 2 is 1.75 bits per heavy atom. The van der Waals surface area contributed by atoms with Gasteiger partial charge in [0.2, 0.25) is 0 Å². The maximum absolute atomic E-state index is 12.6. The topological polar surface area (TPSA) is 55.2 Å². The highest BCUT2D eigenvalue weighted by atomic mass is 19.4. The van der Waals surface area contributed by atoms with Crippen molar-refractivity contribution in [3.05, 3.63) is 33.9 Å². The normalized spacial score (nSPS) is 12.3. The molecule has 4 nitrogen and oxygen atoms in total. The van der Waals surface area contributed by atoms with E-state index in [-0.39, 0.29) is 5.69 Å². The first-order chi connectivity index (χ1) is 9.00. The van der Waals surface area contributed by atoms with Gasteiger partial charge in [-0.05, 0) is 12.1 Å². The highest BCUT2D eigenvalue weighted by Gasteiger charge is 2.38. The summed E-state index contributed by atoms with van der Waals surface area (Å²) in [5.41, 5.74) is -2.94. The summed E-state index contributed by atoms with van der Waals surface area (Å²) in [5.74, 6) is 0. The Morgan fingerprint density at radius 3 is 2.20 bits per heavy atom. The van der Waals surface area contributed by atoms with Crippen LogP contribution < -0.4 is 5.32 Å². The smallest absolute Gasteiger partial charge is 0.385 e. The second-order valence-electron chi connectivity index (χ2n) is 3.78. The van der Waals surface area contributed by atoms with Crippen LogP contribution in [0.3, 0.4) is 0 Å². The van der Waals surface area contributed by atoms with Gasteiger partial charge in [-0.15, -0.1) is 0 Å². The van der Waals surface area contributed by atoms with Crippen molar-refractivity contribution in [1.82, 2.24) is 0 Å². The predicted octanol–water partition coefficient (Wildman–Crippen LogP) is 3.98. The fraction of sp³-hybridized carbons (Fsp3) is 0.400. The number of hydrogen-bond acceptors (Lipinski definition) is 3. The SMILES string of the molecule is O=[N+]([O-])c1ccc(NCCC(F)(F)F)cc1C(F)(F)F. The lowest BCUT2D eigenvalue weighted by atomic mass is 10.1. The van der Waals surface area contributed by atoms with Gasteiger partial charge in [0.05, 0.1) is 11.3 Å². The third-order valence-corrected chi connectivity index (χ3v) is 2.24. The summed E-state index contributed by atoms with van der Waals surface area (Å²) in [4.78, 5) is 9.26. The van der Waals surface area contributed by atoms with Crippen molar-refractivity contribution in [2.45, 2.75) is 18.8 Å². The number of halogens is 6. The van der Waals surface area contributed by atoms with Crippen LogP contribution in [-0.4, -0.2) is 17.6 Å². The van der Waals surface area contributed by atoms with Crippen LogP contribution in [0.25, 0.3) is 0 Å². The van der Waals surface area contributed by atoms with Gasteiger partial charge in [0, 0.05) is 18.3 Å². The maximum Gasteiger partial charge on any atom is 0.423 e. The third-order valence-electron chi connectivity index (χ3n) is 2.24. The zero-order valence-corrected chi connectivity index (χ0v) is 9.68. The van der Waals surface area contributed by atoms with Gasteiger partial charge in [-0.2, -0.15) is 26.3 Å². The average Bonchev–Trinajstić information content (AvgIpc) is 2.25. The van der Waals surface area contributed by atoms with Crippen LogP contribution in [0.4, 0.5) is 37.7 Å². The molecule has 1 rings (SSSR count). The highest BCUT2D eigenvalue weighted by molar-refractivity contribution is 5.55. The second-order valence-corrected chi connectivity index (χ2v) is 3.78. The standard InChI is InChI=1S/C10H8F6N2O2/c11-9(12,13)3-4-17-6-1-2-8(18(19)20)7(5-6)10(14,15)16/h1-2,5,17H,3-4H2. The van der Waals surface area contributed by atoms with Gasteiger partial charge in [0.25, 0.3) is 5.69 Å². The van der Waals surface area contributed by atoms with Crippen molar-refractivity contribution in [1.29, 1.82) is 0 Å². The Kier molecular flexibility index (Phi) is 4.46. The van der Waals surface area contributed by atoms with Crippen molar-refractivity contribution in [2.75, 3.05) is 11.9 Å². The molecule has 0 amide bonds. The van der Waals surface area contributed by atoms with Crippen molar-refractivity contribution in [2.24, 2.45) is 0 Å². The average molecular weight is 302 g/mol. The minimum atomic E-state index is -4.97. The molecule has 0 bridgehead atoms. The fourth-order valence-corrected chi connectivity index (χ4v) is 1.38. The van der Waals surface area contributed by atoms with Gasteiger partial charge < -0.3 is 5.32 Å². The third kappa shape index (κ3) is 4.59. The molecule has 0 spiro atoms. The molecule has 20 heavy (non-hydrogen) atoms. The zero-order chi connectivity index (χ0) is 15.6. The number of nitro groups is 1. The molecule has 10 heteroatoms. The molecular formula is C10H8F6N2O2. The van der Waals surface area contributed by atoms with Crippen LogP contribution in [0, 0.1) is 10.1 Å². The summed E-state index contributed by atoms with van der Waals surface area (Å²) < 4.78 is 73.4. The number of anilines is 1. The Balaban J connectivity index is 2.93. The molecule has 1 N–H and O–H groups in total. The van der Waals surface area contributed by atoms with Gasteiger partial charge >= 0.3 is 12.4 Å². The quantitative estimate of drug-likeness (QED) is 0.520. The first-order valence-electron chi connectivity index (χ1n) is 5.17. The lowest BCUT2D eigenvalue weighted by Crippen LogP contribution is -2.15. The van der Waals surface area contributed by atoms with Crippen LogP contribution in [0.2, 0.25) is 0 Å². The minimum Gasteiger partial charge on any atom is -0.385 e.